The fourth-order valence-corrected chi connectivity index (χ4v) is 5.38. The minimum absolute atomic E-state index is 0.0149. The summed E-state index contributed by atoms with van der Waals surface area (Å²) in [5, 5.41) is 2.92. The molecule has 0 aromatic heterocycles. The van der Waals surface area contributed by atoms with E-state index in [1.165, 1.54) is 5.57 Å². The monoisotopic (exact) mass is 410 g/mol. The first-order valence-electron chi connectivity index (χ1n) is 11.1. The van der Waals surface area contributed by atoms with Crippen LogP contribution in [0.4, 0.5) is 0 Å². The van der Waals surface area contributed by atoms with E-state index in [2.05, 4.69) is 5.32 Å². The quantitative estimate of drug-likeness (QED) is 0.730. The van der Waals surface area contributed by atoms with E-state index < -0.39 is 11.3 Å². The van der Waals surface area contributed by atoms with E-state index in [4.69, 9.17) is 4.74 Å². The van der Waals surface area contributed by atoms with Crippen molar-refractivity contribution >= 4 is 17.8 Å². The summed E-state index contributed by atoms with van der Waals surface area (Å²) < 4.78 is 5.49. The van der Waals surface area contributed by atoms with Gasteiger partial charge in [0.15, 0.2) is 0 Å². The van der Waals surface area contributed by atoms with Crippen LogP contribution in [0.2, 0.25) is 0 Å². The van der Waals surface area contributed by atoms with Crippen molar-refractivity contribution in [2.75, 3.05) is 13.2 Å². The number of piperidine rings is 1. The summed E-state index contributed by atoms with van der Waals surface area (Å²) in [6, 6.07) is 9.70. The molecule has 1 fully saturated rings. The van der Waals surface area contributed by atoms with Gasteiger partial charge in [0.1, 0.15) is 5.41 Å². The molecule has 3 aliphatic rings. The molecule has 2 aliphatic heterocycles. The Labute approximate surface area is 177 Å². The van der Waals surface area contributed by atoms with Crippen LogP contribution in [0.3, 0.4) is 0 Å². The molecular weight excluding hydrogens is 380 g/mol. The Morgan fingerprint density at radius 3 is 2.73 bits per heavy atom. The molecule has 1 saturated heterocycles. The van der Waals surface area contributed by atoms with Crippen LogP contribution in [-0.4, -0.2) is 35.8 Å². The Hall–Kier alpha value is -2.63. The van der Waals surface area contributed by atoms with Crippen LogP contribution in [0, 0.1) is 11.3 Å². The van der Waals surface area contributed by atoms with Crippen molar-refractivity contribution < 1.29 is 19.1 Å². The Balaban J connectivity index is 1.55. The van der Waals surface area contributed by atoms with Crippen LogP contribution >= 0.6 is 0 Å². The molecule has 0 radical (unpaired) electrons. The number of rotatable bonds is 6. The third-order valence-corrected chi connectivity index (χ3v) is 6.64. The number of nitrogens with zero attached hydrogens (tertiary/aromatic N) is 1. The number of nitrogens with one attached hydrogen (secondary N) is 1. The third-order valence-electron chi connectivity index (χ3n) is 6.64. The maximum absolute atomic E-state index is 13.3. The highest BCUT2D eigenvalue weighted by Crippen LogP contribution is 2.54. The van der Waals surface area contributed by atoms with E-state index >= 15 is 0 Å². The molecule has 1 aromatic rings. The number of amides is 2. The summed E-state index contributed by atoms with van der Waals surface area (Å²) in [6.07, 6.45) is 4.90. The molecule has 2 amide bonds. The molecule has 6 nitrogen and oxygen atoms in total. The third kappa shape index (κ3) is 3.75. The molecule has 1 N–H and O–H groups in total. The number of ether oxygens (including phenoxy) is 1. The standard InChI is InChI=1S/C24H30N2O4/c1-2-30-23(29)24-12-6-10-18-11-7-13-26(21(18)24)22(28)19(15-24)14-20(27)25-16-17-8-4-3-5-9-17/h3-5,8-9,19H,2,6-7,10-16H2,1H3,(H,25,27)/t19-,24-/m0/s1. The van der Waals surface area contributed by atoms with Crippen molar-refractivity contribution in [3.8, 4) is 0 Å². The van der Waals surface area contributed by atoms with Crippen molar-refractivity contribution in [3.63, 3.8) is 0 Å². The first kappa shape index (κ1) is 20.6. The highest BCUT2D eigenvalue weighted by molar-refractivity contribution is 5.92. The molecule has 160 valence electrons. The summed E-state index contributed by atoms with van der Waals surface area (Å²) in [5.41, 5.74) is 2.38. The Bertz CT molecular complexity index is 859. The van der Waals surface area contributed by atoms with E-state index in [1.54, 1.807) is 0 Å². The summed E-state index contributed by atoms with van der Waals surface area (Å²) in [6.45, 7) is 3.19. The molecule has 6 heteroatoms. The van der Waals surface area contributed by atoms with Crippen molar-refractivity contribution in [1.82, 2.24) is 10.2 Å². The van der Waals surface area contributed by atoms with Crippen molar-refractivity contribution in [2.24, 2.45) is 11.3 Å². The van der Waals surface area contributed by atoms with Gasteiger partial charge in [0.25, 0.3) is 0 Å². The summed E-state index contributed by atoms with van der Waals surface area (Å²) in [7, 11) is 0. The zero-order valence-corrected chi connectivity index (χ0v) is 17.6. The summed E-state index contributed by atoms with van der Waals surface area (Å²) >= 11 is 0. The molecule has 0 bridgehead atoms. The lowest BCUT2D eigenvalue weighted by Crippen LogP contribution is -2.56. The van der Waals surface area contributed by atoms with Gasteiger partial charge in [0.05, 0.1) is 6.61 Å². The van der Waals surface area contributed by atoms with Gasteiger partial charge in [-0.2, -0.15) is 0 Å². The molecule has 2 atom stereocenters. The van der Waals surface area contributed by atoms with Crippen LogP contribution in [0.1, 0.15) is 57.4 Å². The number of carbonyl (C=O) groups is 3. The molecule has 2 heterocycles. The number of carbonyl (C=O) groups excluding carboxylic acids is 3. The normalized spacial score (nSPS) is 25.6. The maximum atomic E-state index is 13.3. The number of benzene rings is 1. The van der Waals surface area contributed by atoms with Crippen LogP contribution in [0.5, 0.6) is 0 Å². The van der Waals surface area contributed by atoms with E-state index in [0.29, 0.717) is 32.5 Å². The summed E-state index contributed by atoms with van der Waals surface area (Å²) in [4.78, 5) is 40.9. The first-order chi connectivity index (χ1) is 14.5. The second kappa shape index (κ2) is 8.62. The van der Waals surface area contributed by atoms with Gasteiger partial charge in [-0.15, -0.1) is 0 Å². The Kier molecular flexibility index (Phi) is 5.93. The van der Waals surface area contributed by atoms with Crippen molar-refractivity contribution in [1.29, 1.82) is 0 Å². The molecule has 0 spiro atoms. The highest BCUT2D eigenvalue weighted by atomic mass is 16.5. The lowest BCUT2D eigenvalue weighted by atomic mass is 9.63. The fourth-order valence-electron chi connectivity index (χ4n) is 5.38. The number of hydrogen-bond donors (Lipinski definition) is 1. The minimum Gasteiger partial charge on any atom is -0.465 e. The zero-order chi connectivity index (χ0) is 21.1. The number of hydrogen-bond acceptors (Lipinski definition) is 4. The topological polar surface area (TPSA) is 75.7 Å². The van der Waals surface area contributed by atoms with Crippen LogP contribution in [-0.2, 0) is 25.7 Å². The van der Waals surface area contributed by atoms with Gasteiger partial charge in [-0.25, -0.2) is 0 Å². The second-order valence-corrected chi connectivity index (χ2v) is 8.57. The average molecular weight is 411 g/mol. The van der Waals surface area contributed by atoms with Gasteiger partial charge in [-0.1, -0.05) is 30.3 Å². The fraction of sp³-hybridized carbons (Fsp3) is 0.542. The van der Waals surface area contributed by atoms with Gasteiger partial charge in [0.2, 0.25) is 11.8 Å². The molecule has 4 rings (SSSR count). The van der Waals surface area contributed by atoms with Gasteiger partial charge >= 0.3 is 5.97 Å². The maximum Gasteiger partial charge on any atom is 0.318 e. The average Bonchev–Trinajstić information content (AvgIpc) is 2.77. The van der Waals surface area contributed by atoms with Gasteiger partial charge in [0, 0.05) is 31.1 Å². The Morgan fingerprint density at radius 2 is 1.97 bits per heavy atom. The van der Waals surface area contributed by atoms with E-state index in [1.807, 2.05) is 42.2 Å². The minimum atomic E-state index is -0.775. The van der Waals surface area contributed by atoms with E-state index in [9.17, 15) is 14.4 Å². The van der Waals surface area contributed by atoms with Crippen LogP contribution in [0.15, 0.2) is 41.6 Å². The zero-order valence-electron chi connectivity index (χ0n) is 17.6. The second-order valence-electron chi connectivity index (χ2n) is 8.57. The van der Waals surface area contributed by atoms with E-state index in [-0.39, 0.29) is 24.2 Å². The van der Waals surface area contributed by atoms with E-state index in [0.717, 1.165) is 36.9 Å². The SMILES string of the molecule is CCOC(=O)[C@]12CCCC3=C1N(CCC3)C(=O)[C@@H](CC(=O)NCc1ccccc1)C2. The predicted molar refractivity (Wildman–Crippen MR) is 112 cm³/mol. The van der Waals surface area contributed by atoms with Gasteiger partial charge < -0.3 is 15.0 Å². The molecule has 1 aromatic carbocycles. The smallest absolute Gasteiger partial charge is 0.318 e. The Morgan fingerprint density at radius 1 is 1.20 bits per heavy atom. The molecule has 0 unspecified atom stereocenters. The van der Waals surface area contributed by atoms with Crippen molar-refractivity contribution in [2.45, 2.75) is 58.4 Å². The molecular formula is C24H30N2O4. The molecule has 1 aliphatic carbocycles. The highest BCUT2D eigenvalue weighted by Gasteiger charge is 2.56. The van der Waals surface area contributed by atoms with Gasteiger partial charge in [-0.3, -0.25) is 14.4 Å². The summed E-state index contributed by atoms with van der Waals surface area (Å²) in [5.74, 6) is -0.895. The van der Waals surface area contributed by atoms with Crippen LogP contribution < -0.4 is 5.32 Å². The molecule has 30 heavy (non-hydrogen) atoms. The van der Waals surface area contributed by atoms with Crippen molar-refractivity contribution in [3.05, 3.63) is 47.2 Å². The lowest BCUT2D eigenvalue weighted by molar-refractivity contribution is -0.162. The largest absolute Gasteiger partial charge is 0.465 e. The number of esters is 1. The van der Waals surface area contributed by atoms with Crippen LogP contribution in [0.25, 0.3) is 0 Å². The predicted octanol–water partition coefficient (Wildman–Crippen LogP) is 3.32. The lowest BCUT2D eigenvalue weighted by Gasteiger charge is -2.51. The van der Waals surface area contributed by atoms with Gasteiger partial charge in [-0.05, 0) is 56.6 Å². The number of allylic oxidation sites excluding steroid dienone is 1. The molecule has 0 saturated carbocycles. The first-order valence-corrected chi connectivity index (χ1v) is 11.1.